The van der Waals surface area contributed by atoms with Gasteiger partial charge in [0.2, 0.25) is 5.91 Å². The van der Waals surface area contributed by atoms with Crippen molar-refractivity contribution in [3.63, 3.8) is 0 Å². The van der Waals surface area contributed by atoms with E-state index in [2.05, 4.69) is 10.4 Å². The van der Waals surface area contributed by atoms with Crippen LogP contribution < -0.4 is 5.32 Å². The van der Waals surface area contributed by atoms with E-state index in [1.54, 1.807) is 18.0 Å². The van der Waals surface area contributed by atoms with E-state index >= 15 is 0 Å². The van der Waals surface area contributed by atoms with Gasteiger partial charge in [0, 0.05) is 20.1 Å². The zero-order chi connectivity index (χ0) is 15.6. The summed E-state index contributed by atoms with van der Waals surface area (Å²) in [7, 11) is 1.70. The standard InChI is InChI=1S/C14H22N4O3/c1-9-5-12(17(4)16-9)14(20)15-6-13(19)18-7-10(2)21-11(3)8-18/h5,10-11H,6-8H2,1-4H3,(H,15,20)/t10-,11+. The third-order valence-electron chi connectivity index (χ3n) is 3.41. The van der Waals surface area contributed by atoms with Gasteiger partial charge in [0.1, 0.15) is 5.69 Å². The average molecular weight is 294 g/mol. The maximum atomic E-state index is 12.1. The molecule has 2 atom stereocenters. The van der Waals surface area contributed by atoms with Crippen molar-refractivity contribution in [1.82, 2.24) is 20.0 Å². The van der Waals surface area contributed by atoms with Gasteiger partial charge in [0.05, 0.1) is 24.4 Å². The summed E-state index contributed by atoms with van der Waals surface area (Å²) in [6.07, 6.45) is 0.0428. The summed E-state index contributed by atoms with van der Waals surface area (Å²) in [5.41, 5.74) is 1.22. The van der Waals surface area contributed by atoms with E-state index in [0.29, 0.717) is 18.8 Å². The van der Waals surface area contributed by atoms with Crippen molar-refractivity contribution in [2.75, 3.05) is 19.6 Å². The van der Waals surface area contributed by atoms with Crippen LogP contribution in [0.3, 0.4) is 0 Å². The number of carbonyl (C=O) groups excluding carboxylic acids is 2. The Morgan fingerprint density at radius 1 is 1.38 bits per heavy atom. The first-order valence-corrected chi connectivity index (χ1v) is 7.09. The summed E-state index contributed by atoms with van der Waals surface area (Å²) < 4.78 is 7.10. The molecule has 1 N–H and O–H groups in total. The number of carbonyl (C=O) groups is 2. The molecule has 0 saturated carbocycles. The van der Waals surface area contributed by atoms with Gasteiger partial charge in [-0.1, -0.05) is 0 Å². The van der Waals surface area contributed by atoms with Crippen molar-refractivity contribution in [3.8, 4) is 0 Å². The lowest BCUT2D eigenvalue weighted by Gasteiger charge is -2.35. The Balaban J connectivity index is 1.89. The quantitative estimate of drug-likeness (QED) is 0.857. The lowest BCUT2D eigenvalue weighted by Crippen LogP contribution is -2.51. The number of nitrogens with one attached hydrogen (secondary N) is 1. The van der Waals surface area contributed by atoms with E-state index in [9.17, 15) is 9.59 Å². The van der Waals surface area contributed by atoms with Gasteiger partial charge < -0.3 is 15.0 Å². The van der Waals surface area contributed by atoms with Gasteiger partial charge in [0.15, 0.2) is 0 Å². The van der Waals surface area contributed by atoms with Crippen LogP contribution in [0.15, 0.2) is 6.07 Å². The molecule has 21 heavy (non-hydrogen) atoms. The number of ether oxygens (including phenoxy) is 1. The van der Waals surface area contributed by atoms with Gasteiger partial charge >= 0.3 is 0 Å². The molecule has 2 rings (SSSR count). The lowest BCUT2D eigenvalue weighted by molar-refractivity contribution is -0.142. The van der Waals surface area contributed by atoms with Crippen molar-refractivity contribution in [2.45, 2.75) is 33.0 Å². The Kier molecular flexibility index (Phi) is 4.62. The smallest absolute Gasteiger partial charge is 0.269 e. The highest BCUT2D eigenvalue weighted by molar-refractivity contribution is 5.95. The van der Waals surface area contributed by atoms with Crippen LogP contribution in [0.5, 0.6) is 0 Å². The molecule has 0 radical (unpaired) electrons. The van der Waals surface area contributed by atoms with Gasteiger partial charge in [-0.15, -0.1) is 0 Å². The van der Waals surface area contributed by atoms with Gasteiger partial charge in [-0.05, 0) is 26.8 Å². The third-order valence-corrected chi connectivity index (χ3v) is 3.41. The minimum Gasteiger partial charge on any atom is -0.372 e. The number of rotatable bonds is 3. The third kappa shape index (κ3) is 3.81. The highest BCUT2D eigenvalue weighted by atomic mass is 16.5. The molecule has 1 saturated heterocycles. The molecule has 0 bridgehead atoms. The fourth-order valence-electron chi connectivity index (χ4n) is 2.56. The number of amides is 2. The van der Waals surface area contributed by atoms with E-state index in [1.807, 2.05) is 20.8 Å². The molecule has 1 fully saturated rings. The molecule has 0 aliphatic carbocycles. The first-order valence-electron chi connectivity index (χ1n) is 7.09. The second kappa shape index (κ2) is 6.26. The predicted molar refractivity (Wildman–Crippen MR) is 76.9 cm³/mol. The van der Waals surface area contributed by atoms with E-state index < -0.39 is 0 Å². The summed E-state index contributed by atoms with van der Waals surface area (Å²) in [6, 6.07) is 1.69. The normalized spacial score (nSPS) is 22.2. The molecule has 1 aliphatic rings. The zero-order valence-electron chi connectivity index (χ0n) is 12.9. The molecule has 2 heterocycles. The minimum absolute atomic E-state index is 0.0114. The molecule has 1 aliphatic heterocycles. The van der Waals surface area contributed by atoms with Gasteiger partial charge in [-0.25, -0.2) is 0 Å². The fraction of sp³-hybridized carbons (Fsp3) is 0.643. The molecule has 0 spiro atoms. The van der Waals surface area contributed by atoms with Crippen LogP contribution in [0, 0.1) is 6.92 Å². The summed E-state index contributed by atoms with van der Waals surface area (Å²) in [4.78, 5) is 25.9. The molecule has 2 amide bonds. The van der Waals surface area contributed by atoms with Crippen molar-refractivity contribution >= 4 is 11.8 Å². The van der Waals surface area contributed by atoms with Crippen LogP contribution >= 0.6 is 0 Å². The maximum Gasteiger partial charge on any atom is 0.269 e. The van der Waals surface area contributed by atoms with Crippen molar-refractivity contribution in [2.24, 2.45) is 7.05 Å². The number of nitrogens with zero attached hydrogens (tertiary/aromatic N) is 3. The highest BCUT2D eigenvalue weighted by Gasteiger charge is 2.26. The van der Waals surface area contributed by atoms with Crippen LogP contribution in [0.1, 0.15) is 30.0 Å². The Hall–Kier alpha value is -1.89. The Labute approximate surface area is 124 Å². The second-order valence-electron chi connectivity index (χ2n) is 5.53. The number of aromatic nitrogens is 2. The monoisotopic (exact) mass is 294 g/mol. The molecule has 1 aromatic rings. The highest BCUT2D eigenvalue weighted by Crippen LogP contribution is 2.10. The topological polar surface area (TPSA) is 76.5 Å². The van der Waals surface area contributed by atoms with E-state index in [0.717, 1.165) is 5.69 Å². The summed E-state index contributed by atoms with van der Waals surface area (Å²) >= 11 is 0. The minimum atomic E-state index is -0.291. The Bertz CT molecular complexity index is 530. The number of morpholine rings is 1. The first kappa shape index (κ1) is 15.5. The second-order valence-corrected chi connectivity index (χ2v) is 5.53. The zero-order valence-corrected chi connectivity index (χ0v) is 12.9. The molecule has 1 aromatic heterocycles. The molecule has 116 valence electrons. The van der Waals surface area contributed by atoms with E-state index in [4.69, 9.17) is 4.74 Å². The van der Waals surface area contributed by atoms with Crippen LogP contribution in [0.4, 0.5) is 0 Å². The van der Waals surface area contributed by atoms with E-state index in [1.165, 1.54) is 4.68 Å². The van der Waals surface area contributed by atoms with E-state index in [-0.39, 0.29) is 30.6 Å². The van der Waals surface area contributed by atoms with Crippen molar-refractivity contribution in [1.29, 1.82) is 0 Å². The predicted octanol–water partition coefficient (Wildman–Crippen LogP) is 0.0941. The van der Waals surface area contributed by atoms with Crippen molar-refractivity contribution in [3.05, 3.63) is 17.5 Å². The molecular weight excluding hydrogens is 272 g/mol. The summed E-state index contributed by atoms with van der Waals surface area (Å²) in [6.45, 7) is 6.80. The van der Waals surface area contributed by atoms with Gasteiger partial charge in [-0.2, -0.15) is 5.10 Å². The average Bonchev–Trinajstić information content (AvgIpc) is 2.73. The first-order chi connectivity index (χ1) is 9.86. The van der Waals surface area contributed by atoms with Crippen LogP contribution in [-0.4, -0.2) is 58.3 Å². The fourth-order valence-corrected chi connectivity index (χ4v) is 2.56. The van der Waals surface area contributed by atoms with Gasteiger partial charge in [-0.3, -0.25) is 14.3 Å². The Morgan fingerprint density at radius 2 is 2.00 bits per heavy atom. The SMILES string of the molecule is Cc1cc(C(=O)NCC(=O)N2C[C@@H](C)O[C@@H](C)C2)n(C)n1. The van der Waals surface area contributed by atoms with Crippen LogP contribution in [0.25, 0.3) is 0 Å². The molecule has 0 aromatic carbocycles. The van der Waals surface area contributed by atoms with Crippen molar-refractivity contribution < 1.29 is 14.3 Å². The molecule has 7 nitrogen and oxygen atoms in total. The lowest BCUT2D eigenvalue weighted by atomic mass is 10.2. The maximum absolute atomic E-state index is 12.1. The molecule has 7 heteroatoms. The van der Waals surface area contributed by atoms with Crippen LogP contribution in [0.2, 0.25) is 0 Å². The number of aryl methyl sites for hydroxylation is 2. The molecular formula is C14H22N4O3. The number of hydrogen-bond acceptors (Lipinski definition) is 4. The van der Waals surface area contributed by atoms with Crippen LogP contribution in [-0.2, 0) is 16.6 Å². The number of hydrogen-bond donors (Lipinski definition) is 1. The Morgan fingerprint density at radius 3 is 2.52 bits per heavy atom. The largest absolute Gasteiger partial charge is 0.372 e. The van der Waals surface area contributed by atoms with Gasteiger partial charge in [0.25, 0.3) is 5.91 Å². The molecule has 0 unspecified atom stereocenters. The summed E-state index contributed by atoms with van der Waals surface area (Å²) in [5.74, 6) is -0.384. The summed E-state index contributed by atoms with van der Waals surface area (Å²) in [5, 5.41) is 6.76.